The molecule has 7 heteroatoms. The van der Waals surface area contributed by atoms with Crippen molar-refractivity contribution in [2.75, 3.05) is 12.8 Å². The van der Waals surface area contributed by atoms with E-state index in [1.54, 1.807) is 18.2 Å². The first-order valence-corrected chi connectivity index (χ1v) is 7.26. The van der Waals surface area contributed by atoms with Gasteiger partial charge >= 0.3 is 0 Å². The summed E-state index contributed by atoms with van der Waals surface area (Å²) in [5.74, 6) is -0.325. The molecule has 0 saturated heterocycles. The Kier molecular flexibility index (Phi) is 4.01. The van der Waals surface area contributed by atoms with Crippen LogP contribution in [-0.4, -0.2) is 24.8 Å². The summed E-state index contributed by atoms with van der Waals surface area (Å²) in [5, 5.41) is 0. The Morgan fingerprint density at radius 3 is 2.65 bits per heavy atom. The number of hydrogen-bond donors (Lipinski definition) is 1. The van der Waals surface area contributed by atoms with Gasteiger partial charge in [0.25, 0.3) is 0 Å². The molecule has 1 heterocycles. The second-order valence-electron chi connectivity index (χ2n) is 4.27. The van der Waals surface area contributed by atoms with E-state index in [0.717, 1.165) is 4.31 Å². The van der Waals surface area contributed by atoms with Crippen molar-refractivity contribution in [3.63, 3.8) is 0 Å². The summed E-state index contributed by atoms with van der Waals surface area (Å²) in [6.07, 6.45) is 1.32. The summed E-state index contributed by atoms with van der Waals surface area (Å²) in [4.78, 5) is 3.78. The number of aromatic nitrogens is 1. The van der Waals surface area contributed by atoms with Gasteiger partial charge in [-0.2, -0.15) is 4.31 Å². The van der Waals surface area contributed by atoms with Crippen molar-refractivity contribution in [2.45, 2.75) is 11.4 Å². The number of anilines is 1. The standard InChI is InChI=1S/C13H14FN3O2S/c1-17(9-10-4-2-3-5-12(10)14)20(18,19)11-6-7-16-13(15)8-11/h2-8H,9H2,1H3,(H2,15,16). The van der Waals surface area contributed by atoms with Crippen LogP contribution in [0.3, 0.4) is 0 Å². The first kappa shape index (κ1) is 14.4. The zero-order valence-electron chi connectivity index (χ0n) is 10.8. The molecule has 20 heavy (non-hydrogen) atoms. The van der Waals surface area contributed by atoms with Gasteiger partial charge < -0.3 is 5.73 Å². The van der Waals surface area contributed by atoms with Crippen LogP contribution >= 0.6 is 0 Å². The van der Waals surface area contributed by atoms with Crippen molar-refractivity contribution < 1.29 is 12.8 Å². The summed E-state index contributed by atoms with van der Waals surface area (Å²) in [5.41, 5.74) is 5.78. The fraction of sp³-hybridized carbons (Fsp3) is 0.154. The van der Waals surface area contributed by atoms with Crippen LogP contribution in [0.15, 0.2) is 47.5 Å². The number of pyridine rings is 1. The van der Waals surface area contributed by atoms with Gasteiger partial charge in [-0.3, -0.25) is 0 Å². The van der Waals surface area contributed by atoms with Crippen LogP contribution in [0.5, 0.6) is 0 Å². The van der Waals surface area contributed by atoms with E-state index in [2.05, 4.69) is 4.98 Å². The second-order valence-corrected chi connectivity index (χ2v) is 6.31. The molecule has 5 nitrogen and oxygen atoms in total. The Bertz CT molecular complexity index is 719. The Hall–Kier alpha value is -1.99. The third-order valence-corrected chi connectivity index (χ3v) is 4.61. The zero-order chi connectivity index (χ0) is 14.8. The van der Waals surface area contributed by atoms with Crippen LogP contribution in [0.1, 0.15) is 5.56 Å². The maximum absolute atomic E-state index is 13.6. The number of hydrogen-bond acceptors (Lipinski definition) is 4. The molecule has 0 atom stereocenters. The number of rotatable bonds is 4. The Labute approximate surface area is 116 Å². The molecule has 0 amide bonds. The molecule has 1 aromatic heterocycles. The quantitative estimate of drug-likeness (QED) is 0.930. The summed E-state index contributed by atoms with van der Waals surface area (Å²) < 4.78 is 39.3. The highest BCUT2D eigenvalue weighted by molar-refractivity contribution is 7.89. The van der Waals surface area contributed by atoms with Gasteiger partial charge in [0.15, 0.2) is 0 Å². The molecule has 0 fully saturated rings. The van der Waals surface area contributed by atoms with E-state index >= 15 is 0 Å². The minimum absolute atomic E-state index is 0.0313. The van der Waals surface area contributed by atoms with Crippen LogP contribution in [0.4, 0.5) is 10.2 Å². The topological polar surface area (TPSA) is 76.3 Å². The molecule has 2 N–H and O–H groups in total. The molecule has 0 radical (unpaired) electrons. The molecule has 0 aliphatic heterocycles. The zero-order valence-corrected chi connectivity index (χ0v) is 11.6. The lowest BCUT2D eigenvalue weighted by Crippen LogP contribution is -2.27. The van der Waals surface area contributed by atoms with Crippen LogP contribution in [0.2, 0.25) is 0 Å². The third-order valence-electron chi connectivity index (χ3n) is 2.81. The molecule has 0 aliphatic carbocycles. The monoisotopic (exact) mass is 295 g/mol. The first-order chi connectivity index (χ1) is 9.41. The summed E-state index contributed by atoms with van der Waals surface area (Å²) in [7, 11) is -2.34. The van der Waals surface area contributed by atoms with Crippen molar-refractivity contribution in [1.82, 2.24) is 9.29 Å². The number of benzene rings is 1. The maximum atomic E-state index is 13.6. The lowest BCUT2D eigenvalue weighted by atomic mass is 10.2. The van der Waals surface area contributed by atoms with Gasteiger partial charge in [-0.15, -0.1) is 0 Å². The SMILES string of the molecule is CN(Cc1ccccc1F)S(=O)(=O)c1ccnc(N)c1. The molecule has 0 saturated carbocycles. The molecule has 0 spiro atoms. The molecular weight excluding hydrogens is 281 g/mol. The van der Waals surface area contributed by atoms with Gasteiger partial charge in [-0.25, -0.2) is 17.8 Å². The van der Waals surface area contributed by atoms with Gasteiger partial charge in [0, 0.05) is 31.4 Å². The molecule has 0 bridgehead atoms. The van der Waals surface area contributed by atoms with E-state index in [-0.39, 0.29) is 17.3 Å². The average Bonchev–Trinajstić information content (AvgIpc) is 2.41. The van der Waals surface area contributed by atoms with E-state index in [1.807, 2.05) is 0 Å². The predicted octanol–water partition coefficient (Wildman–Crippen LogP) is 1.62. The number of halogens is 1. The fourth-order valence-corrected chi connectivity index (χ4v) is 2.89. The number of nitrogens with zero attached hydrogens (tertiary/aromatic N) is 2. The van der Waals surface area contributed by atoms with E-state index in [4.69, 9.17) is 5.73 Å². The Balaban J connectivity index is 2.29. The fourth-order valence-electron chi connectivity index (χ4n) is 1.72. The van der Waals surface area contributed by atoms with Crippen molar-refractivity contribution in [2.24, 2.45) is 0 Å². The highest BCUT2D eigenvalue weighted by Gasteiger charge is 2.22. The highest BCUT2D eigenvalue weighted by atomic mass is 32.2. The second kappa shape index (κ2) is 5.56. The predicted molar refractivity (Wildman–Crippen MR) is 73.7 cm³/mol. The van der Waals surface area contributed by atoms with E-state index < -0.39 is 15.8 Å². The molecule has 106 valence electrons. The largest absolute Gasteiger partial charge is 0.384 e. The number of nitrogens with two attached hydrogens (primary N) is 1. The van der Waals surface area contributed by atoms with Gasteiger partial charge in [0.1, 0.15) is 11.6 Å². The van der Waals surface area contributed by atoms with Gasteiger partial charge in [0.05, 0.1) is 4.90 Å². The van der Waals surface area contributed by atoms with Crippen LogP contribution in [0, 0.1) is 5.82 Å². The van der Waals surface area contributed by atoms with E-state index in [0.29, 0.717) is 5.56 Å². The average molecular weight is 295 g/mol. The summed E-state index contributed by atoms with van der Waals surface area (Å²) >= 11 is 0. The summed E-state index contributed by atoms with van der Waals surface area (Å²) in [6.45, 7) is -0.0583. The minimum atomic E-state index is -3.73. The summed E-state index contributed by atoms with van der Waals surface area (Å²) in [6, 6.07) is 8.67. The smallest absolute Gasteiger partial charge is 0.243 e. The normalized spacial score (nSPS) is 11.8. The van der Waals surface area contributed by atoms with Gasteiger partial charge in [0.2, 0.25) is 10.0 Å². The van der Waals surface area contributed by atoms with E-state index in [1.165, 1.54) is 31.4 Å². The minimum Gasteiger partial charge on any atom is -0.384 e. The third kappa shape index (κ3) is 2.94. The van der Waals surface area contributed by atoms with Crippen molar-refractivity contribution in [3.05, 3.63) is 54.0 Å². The lowest BCUT2D eigenvalue weighted by molar-refractivity contribution is 0.456. The maximum Gasteiger partial charge on any atom is 0.243 e. The molecule has 0 unspecified atom stereocenters. The lowest BCUT2D eigenvalue weighted by Gasteiger charge is -2.17. The van der Waals surface area contributed by atoms with Gasteiger partial charge in [-0.1, -0.05) is 18.2 Å². The number of sulfonamides is 1. The Morgan fingerprint density at radius 2 is 2.00 bits per heavy atom. The molecule has 1 aromatic carbocycles. The van der Waals surface area contributed by atoms with E-state index in [9.17, 15) is 12.8 Å². The molecular formula is C13H14FN3O2S. The Morgan fingerprint density at radius 1 is 1.30 bits per heavy atom. The highest BCUT2D eigenvalue weighted by Crippen LogP contribution is 2.18. The van der Waals surface area contributed by atoms with Crippen molar-refractivity contribution in [3.8, 4) is 0 Å². The van der Waals surface area contributed by atoms with Crippen LogP contribution < -0.4 is 5.73 Å². The molecule has 2 rings (SSSR count). The van der Waals surface area contributed by atoms with Crippen molar-refractivity contribution >= 4 is 15.8 Å². The molecule has 0 aliphatic rings. The molecule has 2 aromatic rings. The van der Waals surface area contributed by atoms with Gasteiger partial charge in [-0.05, 0) is 12.1 Å². The van der Waals surface area contributed by atoms with Crippen LogP contribution in [-0.2, 0) is 16.6 Å². The van der Waals surface area contributed by atoms with Crippen LogP contribution in [0.25, 0.3) is 0 Å². The van der Waals surface area contributed by atoms with Crippen molar-refractivity contribution in [1.29, 1.82) is 0 Å². The first-order valence-electron chi connectivity index (χ1n) is 5.82. The number of nitrogen functional groups attached to an aromatic ring is 1.